The fourth-order valence-corrected chi connectivity index (χ4v) is 1.83. The third kappa shape index (κ3) is 1.57. The summed E-state index contributed by atoms with van der Waals surface area (Å²) in [5, 5.41) is 0. The zero-order valence-corrected chi connectivity index (χ0v) is 9.66. The standard InChI is InChI=1S/C13H10N2O3/c1-15-10(11-5-4-9(8-16)18-11)7-14-13(15)12-3-2-6-17-12/h2-8H,1H3. The van der Waals surface area contributed by atoms with Crippen LogP contribution in [0.25, 0.3) is 23.0 Å². The Morgan fingerprint density at radius 1 is 1.28 bits per heavy atom. The van der Waals surface area contributed by atoms with E-state index in [9.17, 15) is 4.79 Å². The topological polar surface area (TPSA) is 61.2 Å². The van der Waals surface area contributed by atoms with Crippen LogP contribution in [-0.4, -0.2) is 15.8 Å². The minimum atomic E-state index is 0.297. The molecular formula is C13H10N2O3. The van der Waals surface area contributed by atoms with Gasteiger partial charge in [0, 0.05) is 7.05 Å². The summed E-state index contributed by atoms with van der Waals surface area (Å²) in [4.78, 5) is 14.9. The summed E-state index contributed by atoms with van der Waals surface area (Å²) in [5.74, 6) is 2.29. The third-order valence-electron chi connectivity index (χ3n) is 2.73. The first-order valence-electron chi connectivity index (χ1n) is 5.40. The molecule has 18 heavy (non-hydrogen) atoms. The van der Waals surface area contributed by atoms with E-state index in [1.807, 2.05) is 17.7 Å². The number of hydrogen-bond acceptors (Lipinski definition) is 4. The molecule has 0 bridgehead atoms. The van der Waals surface area contributed by atoms with Crippen LogP contribution >= 0.6 is 0 Å². The first-order valence-corrected chi connectivity index (χ1v) is 5.40. The second-order valence-corrected chi connectivity index (χ2v) is 3.82. The van der Waals surface area contributed by atoms with E-state index in [1.54, 1.807) is 30.7 Å². The van der Waals surface area contributed by atoms with E-state index in [0.717, 1.165) is 5.69 Å². The molecule has 90 valence electrons. The van der Waals surface area contributed by atoms with E-state index in [4.69, 9.17) is 8.83 Å². The molecule has 5 nitrogen and oxygen atoms in total. The molecule has 5 heteroatoms. The van der Waals surface area contributed by atoms with Crippen molar-refractivity contribution in [2.75, 3.05) is 0 Å². The molecule has 3 aromatic heterocycles. The van der Waals surface area contributed by atoms with Crippen LogP contribution in [0, 0.1) is 0 Å². The molecule has 0 aliphatic carbocycles. The molecule has 3 heterocycles. The number of nitrogens with zero attached hydrogens (tertiary/aromatic N) is 2. The van der Waals surface area contributed by atoms with Crippen LogP contribution in [-0.2, 0) is 7.05 Å². The maximum atomic E-state index is 10.6. The molecule has 0 aliphatic heterocycles. The summed E-state index contributed by atoms with van der Waals surface area (Å²) in [5.41, 5.74) is 0.787. The maximum absolute atomic E-state index is 10.6. The molecule has 0 aromatic carbocycles. The number of hydrogen-bond donors (Lipinski definition) is 0. The Kier molecular flexibility index (Phi) is 2.37. The normalized spacial score (nSPS) is 10.7. The lowest BCUT2D eigenvalue weighted by atomic mass is 10.3. The smallest absolute Gasteiger partial charge is 0.185 e. The molecule has 0 saturated carbocycles. The molecule has 0 unspecified atom stereocenters. The van der Waals surface area contributed by atoms with Crippen molar-refractivity contribution in [1.29, 1.82) is 0 Å². The lowest BCUT2D eigenvalue weighted by Gasteiger charge is -2.01. The van der Waals surface area contributed by atoms with Gasteiger partial charge >= 0.3 is 0 Å². The number of furan rings is 2. The van der Waals surface area contributed by atoms with Gasteiger partial charge in [-0.2, -0.15) is 0 Å². The van der Waals surface area contributed by atoms with Crippen LogP contribution in [0.5, 0.6) is 0 Å². The van der Waals surface area contributed by atoms with Gasteiger partial charge in [0.2, 0.25) is 0 Å². The number of imidazole rings is 1. The van der Waals surface area contributed by atoms with E-state index in [-0.39, 0.29) is 0 Å². The third-order valence-corrected chi connectivity index (χ3v) is 2.73. The monoisotopic (exact) mass is 242 g/mol. The van der Waals surface area contributed by atoms with Gasteiger partial charge in [-0.3, -0.25) is 4.79 Å². The second kappa shape index (κ2) is 4.03. The van der Waals surface area contributed by atoms with Crippen LogP contribution in [0.2, 0.25) is 0 Å². The van der Waals surface area contributed by atoms with Gasteiger partial charge in [-0.25, -0.2) is 4.98 Å². The average molecular weight is 242 g/mol. The molecule has 3 aromatic rings. The summed E-state index contributed by atoms with van der Waals surface area (Å²) in [6.07, 6.45) is 3.96. The van der Waals surface area contributed by atoms with Crippen LogP contribution in [0.3, 0.4) is 0 Å². The zero-order valence-electron chi connectivity index (χ0n) is 9.66. The quantitative estimate of drug-likeness (QED) is 0.662. The van der Waals surface area contributed by atoms with Gasteiger partial charge < -0.3 is 13.4 Å². The van der Waals surface area contributed by atoms with Gasteiger partial charge in [0.25, 0.3) is 0 Å². The lowest BCUT2D eigenvalue weighted by Crippen LogP contribution is -1.93. The summed E-state index contributed by atoms with van der Waals surface area (Å²) < 4.78 is 12.5. The van der Waals surface area contributed by atoms with Gasteiger partial charge in [-0.15, -0.1) is 0 Å². The Morgan fingerprint density at radius 3 is 2.83 bits per heavy atom. The van der Waals surface area contributed by atoms with E-state index >= 15 is 0 Å². The highest BCUT2D eigenvalue weighted by molar-refractivity contribution is 5.72. The summed E-state index contributed by atoms with van der Waals surface area (Å²) in [7, 11) is 1.86. The molecule has 0 amide bonds. The first kappa shape index (κ1) is 10.6. The molecule has 0 aliphatic rings. The highest BCUT2D eigenvalue weighted by Gasteiger charge is 2.14. The second-order valence-electron chi connectivity index (χ2n) is 3.82. The molecule has 0 radical (unpaired) electrons. The minimum Gasteiger partial charge on any atom is -0.461 e. The molecule has 0 fully saturated rings. The number of rotatable bonds is 3. The van der Waals surface area contributed by atoms with Crippen molar-refractivity contribution in [2.45, 2.75) is 0 Å². The Labute approximate surface area is 103 Å². The predicted octanol–water partition coefficient (Wildman–Crippen LogP) is 2.75. The van der Waals surface area contributed by atoms with Crippen LogP contribution in [0.15, 0.2) is 45.6 Å². The average Bonchev–Trinajstić information content (AvgIpc) is 3.07. The maximum Gasteiger partial charge on any atom is 0.185 e. The first-order chi connectivity index (χ1) is 8.79. The van der Waals surface area contributed by atoms with Crippen LogP contribution < -0.4 is 0 Å². The van der Waals surface area contributed by atoms with Gasteiger partial charge in [0.05, 0.1) is 12.5 Å². The number of aromatic nitrogens is 2. The number of carbonyl (C=O) groups excluding carboxylic acids is 1. The molecule has 0 saturated heterocycles. The van der Waals surface area contributed by atoms with E-state index in [1.165, 1.54) is 0 Å². The Bertz CT molecular complexity index is 677. The zero-order chi connectivity index (χ0) is 12.5. The van der Waals surface area contributed by atoms with E-state index < -0.39 is 0 Å². The van der Waals surface area contributed by atoms with Gasteiger partial charge in [-0.05, 0) is 24.3 Å². The lowest BCUT2D eigenvalue weighted by molar-refractivity contribution is 0.110. The fourth-order valence-electron chi connectivity index (χ4n) is 1.83. The predicted molar refractivity (Wildman–Crippen MR) is 64.0 cm³/mol. The van der Waals surface area contributed by atoms with Crippen molar-refractivity contribution in [3.05, 3.63) is 42.5 Å². The number of aldehydes is 1. The minimum absolute atomic E-state index is 0.297. The van der Waals surface area contributed by atoms with Crippen LogP contribution in [0.1, 0.15) is 10.6 Å². The van der Waals surface area contributed by atoms with Gasteiger partial charge in [0.15, 0.2) is 29.4 Å². The van der Waals surface area contributed by atoms with Crippen molar-refractivity contribution in [3.63, 3.8) is 0 Å². The van der Waals surface area contributed by atoms with Gasteiger partial charge in [-0.1, -0.05) is 0 Å². The van der Waals surface area contributed by atoms with Crippen molar-refractivity contribution in [3.8, 4) is 23.0 Å². The Balaban J connectivity index is 2.07. The Morgan fingerprint density at radius 2 is 2.17 bits per heavy atom. The molecule has 0 atom stereocenters. The van der Waals surface area contributed by atoms with Crippen molar-refractivity contribution in [2.24, 2.45) is 7.05 Å². The van der Waals surface area contributed by atoms with E-state index in [2.05, 4.69) is 4.98 Å². The number of carbonyl (C=O) groups is 1. The highest BCUT2D eigenvalue weighted by atomic mass is 16.3. The van der Waals surface area contributed by atoms with Crippen molar-refractivity contribution in [1.82, 2.24) is 9.55 Å². The Hall–Kier alpha value is -2.56. The highest BCUT2D eigenvalue weighted by Crippen LogP contribution is 2.26. The largest absolute Gasteiger partial charge is 0.461 e. The summed E-state index contributed by atoms with van der Waals surface area (Å²) in [6, 6.07) is 7.01. The van der Waals surface area contributed by atoms with Gasteiger partial charge in [0.1, 0.15) is 5.69 Å². The van der Waals surface area contributed by atoms with Crippen LogP contribution in [0.4, 0.5) is 0 Å². The fraction of sp³-hybridized carbons (Fsp3) is 0.0769. The van der Waals surface area contributed by atoms with Crippen molar-refractivity contribution < 1.29 is 13.6 Å². The summed E-state index contributed by atoms with van der Waals surface area (Å²) in [6.45, 7) is 0. The molecular weight excluding hydrogens is 232 g/mol. The molecule has 0 spiro atoms. The summed E-state index contributed by atoms with van der Waals surface area (Å²) >= 11 is 0. The van der Waals surface area contributed by atoms with E-state index in [0.29, 0.717) is 29.4 Å². The SMILES string of the molecule is Cn1c(-c2ccc(C=O)o2)cnc1-c1ccco1. The molecule has 0 N–H and O–H groups in total. The molecule has 3 rings (SSSR count). The van der Waals surface area contributed by atoms with Crippen molar-refractivity contribution >= 4 is 6.29 Å².